The lowest BCUT2D eigenvalue weighted by Crippen LogP contribution is -2.54. The third-order valence-electron chi connectivity index (χ3n) is 4.61. The average Bonchev–Trinajstić information content (AvgIpc) is 2.61. The molecule has 0 saturated carbocycles. The van der Waals surface area contributed by atoms with E-state index in [4.69, 9.17) is 0 Å². The fourth-order valence-corrected chi connectivity index (χ4v) is 3.38. The number of amides is 2. The van der Waals surface area contributed by atoms with Crippen LogP contribution in [0.5, 0.6) is 0 Å². The maximum atomic E-state index is 12.6. The molecule has 0 aromatic heterocycles. The van der Waals surface area contributed by atoms with E-state index in [-0.39, 0.29) is 24.8 Å². The van der Waals surface area contributed by atoms with Gasteiger partial charge in [0, 0.05) is 25.2 Å². The van der Waals surface area contributed by atoms with Gasteiger partial charge in [-0.15, -0.1) is 0 Å². The summed E-state index contributed by atoms with van der Waals surface area (Å²) in [6.45, 7) is 4.86. The van der Waals surface area contributed by atoms with E-state index in [0.717, 1.165) is 22.4 Å². The summed E-state index contributed by atoms with van der Waals surface area (Å²) < 4.78 is 0. The molecule has 0 radical (unpaired) electrons. The van der Waals surface area contributed by atoms with E-state index in [9.17, 15) is 14.7 Å². The second kappa shape index (κ2) is 7.70. The number of rotatable bonds is 4. The number of aryl methyl sites for hydroxylation is 2. The number of benzene rings is 2. The van der Waals surface area contributed by atoms with Gasteiger partial charge in [-0.25, -0.2) is 0 Å². The van der Waals surface area contributed by atoms with E-state index in [1.807, 2.05) is 56.3 Å². The summed E-state index contributed by atoms with van der Waals surface area (Å²) in [6, 6.07) is 15.4. The van der Waals surface area contributed by atoms with Crippen molar-refractivity contribution in [2.45, 2.75) is 26.4 Å². The van der Waals surface area contributed by atoms with Crippen LogP contribution in [0.2, 0.25) is 0 Å². The lowest BCUT2D eigenvalue weighted by atomic mass is 10.1. The first-order valence-electron chi connectivity index (χ1n) is 8.83. The van der Waals surface area contributed by atoms with Crippen molar-refractivity contribution < 1.29 is 14.7 Å². The van der Waals surface area contributed by atoms with Gasteiger partial charge in [0.25, 0.3) is 5.91 Å². The number of nitrogens with zero attached hydrogens (tertiary/aromatic N) is 2. The maximum absolute atomic E-state index is 12.6. The molecule has 0 spiro atoms. The molecule has 1 heterocycles. The third-order valence-corrected chi connectivity index (χ3v) is 4.61. The molecule has 0 unspecified atom stereocenters. The van der Waals surface area contributed by atoms with E-state index in [1.54, 1.807) is 4.90 Å². The van der Waals surface area contributed by atoms with Crippen LogP contribution in [0.1, 0.15) is 16.7 Å². The Balaban J connectivity index is 1.64. The lowest BCUT2D eigenvalue weighted by molar-refractivity contribution is -0.144. The summed E-state index contributed by atoms with van der Waals surface area (Å²) in [5.74, 6) is -0.510. The number of piperazine rings is 1. The summed E-state index contributed by atoms with van der Waals surface area (Å²) in [5, 5.41) is 10.2. The van der Waals surface area contributed by atoms with Crippen molar-refractivity contribution in [2.75, 3.05) is 24.5 Å². The zero-order valence-electron chi connectivity index (χ0n) is 15.2. The summed E-state index contributed by atoms with van der Waals surface area (Å²) in [7, 11) is 0. The van der Waals surface area contributed by atoms with Gasteiger partial charge in [0.15, 0.2) is 0 Å². The fraction of sp³-hybridized carbons (Fsp3) is 0.333. The van der Waals surface area contributed by atoms with Crippen molar-refractivity contribution in [2.24, 2.45) is 0 Å². The molecule has 1 aliphatic rings. The Hall–Kier alpha value is -2.66. The minimum Gasteiger partial charge on any atom is -0.383 e. The summed E-state index contributed by atoms with van der Waals surface area (Å²) in [6.07, 6.45) is -0.872. The van der Waals surface area contributed by atoms with Crippen LogP contribution in [0.4, 0.5) is 5.69 Å². The molecule has 2 aromatic carbocycles. The quantitative estimate of drug-likeness (QED) is 0.916. The Morgan fingerprint density at radius 2 is 1.73 bits per heavy atom. The SMILES string of the molecule is Cc1cc(C)cc(N2CCN(C(=O)[C@@H](O)Cc3ccccc3)CC2=O)c1. The molecular formula is C21H24N2O3. The van der Waals surface area contributed by atoms with Gasteiger partial charge in [0.1, 0.15) is 12.6 Å². The normalized spacial score (nSPS) is 15.9. The van der Waals surface area contributed by atoms with Crippen molar-refractivity contribution in [3.05, 3.63) is 65.2 Å². The van der Waals surface area contributed by atoms with Crippen LogP contribution in [0, 0.1) is 13.8 Å². The summed E-state index contributed by atoms with van der Waals surface area (Å²) in [4.78, 5) is 28.2. The summed E-state index contributed by atoms with van der Waals surface area (Å²) in [5.41, 5.74) is 3.96. The third kappa shape index (κ3) is 4.11. The number of aliphatic hydroxyl groups excluding tert-OH is 1. The van der Waals surface area contributed by atoms with E-state index >= 15 is 0 Å². The minimum atomic E-state index is -1.13. The van der Waals surface area contributed by atoms with Gasteiger partial charge in [-0.3, -0.25) is 9.59 Å². The highest BCUT2D eigenvalue weighted by Crippen LogP contribution is 2.21. The first-order chi connectivity index (χ1) is 12.4. The molecule has 2 amide bonds. The molecule has 1 aliphatic heterocycles. The van der Waals surface area contributed by atoms with Gasteiger partial charge < -0.3 is 14.9 Å². The zero-order valence-corrected chi connectivity index (χ0v) is 15.2. The second-order valence-corrected chi connectivity index (χ2v) is 6.86. The average molecular weight is 352 g/mol. The monoisotopic (exact) mass is 352 g/mol. The zero-order chi connectivity index (χ0) is 18.7. The fourth-order valence-electron chi connectivity index (χ4n) is 3.38. The van der Waals surface area contributed by atoms with Crippen molar-refractivity contribution in [3.63, 3.8) is 0 Å². The Morgan fingerprint density at radius 1 is 1.08 bits per heavy atom. The van der Waals surface area contributed by atoms with Gasteiger partial charge in [0.2, 0.25) is 5.91 Å². The number of hydrogen-bond acceptors (Lipinski definition) is 3. The van der Waals surface area contributed by atoms with E-state index in [0.29, 0.717) is 13.1 Å². The van der Waals surface area contributed by atoms with Crippen molar-refractivity contribution in [1.29, 1.82) is 0 Å². The molecule has 3 rings (SSSR count). The number of carbonyl (C=O) groups is 2. The Kier molecular flexibility index (Phi) is 5.38. The molecule has 0 aliphatic carbocycles. The Morgan fingerprint density at radius 3 is 2.35 bits per heavy atom. The van der Waals surface area contributed by atoms with Crippen LogP contribution in [0.3, 0.4) is 0 Å². The first-order valence-corrected chi connectivity index (χ1v) is 8.83. The molecule has 5 heteroatoms. The molecule has 5 nitrogen and oxygen atoms in total. The number of anilines is 1. The highest BCUT2D eigenvalue weighted by atomic mass is 16.3. The molecule has 1 saturated heterocycles. The van der Waals surface area contributed by atoms with E-state index < -0.39 is 6.10 Å². The maximum Gasteiger partial charge on any atom is 0.252 e. The van der Waals surface area contributed by atoms with Gasteiger partial charge in [0.05, 0.1) is 0 Å². The molecule has 136 valence electrons. The lowest BCUT2D eigenvalue weighted by Gasteiger charge is -2.35. The van der Waals surface area contributed by atoms with Gasteiger partial charge in [-0.05, 0) is 42.7 Å². The van der Waals surface area contributed by atoms with E-state index in [2.05, 4.69) is 6.07 Å². The van der Waals surface area contributed by atoms with Crippen LogP contribution in [0.15, 0.2) is 48.5 Å². The second-order valence-electron chi connectivity index (χ2n) is 6.86. The number of carbonyl (C=O) groups excluding carboxylic acids is 2. The molecule has 1 N–H and O–H groups in total. The van der Waals surface area contributed by atoms with Crippen molar-refractivity contribution in [1.82, 2.24) is 4.90 Å². The predicted octanol–water partition coefficient (Wildman–Crippen LogP) is 2.08. The predicted molar refractivity (Wildman–Crippen MR) is 101 cm³/mol. The van der Waals surface area contributed by atoms with Gasteiger partial charge in [-0.2, -0.15) is 0 Å². The molecule has 0 bridgehead atoms. The highest BCUT2D eigenvalue weighted by Gasteiger charge is 2.31. The molecule has 26 heavy (non-hydrogen) atoms. The van der Waals surface area contributed by atoms with Crippen LogP contribution >= 0.6 is 0 Å². The smallest absolute Gasteiger partial charge is 0.252 e. The number of hydrogen-bond donors (Lipinski definition) is 1. The first kappa shape index (κ1) is 18.1. The molecule has 2 aromatic rings. The van der Waals surface area contributed by atoms with Gasteiger partial charge >= 0.3 is 0 Å². The molecular weight excluding hydrogens is 328 g/mol. The van der Waals surface area contributed by atoms with Crippen LogP contribution in [-0.4, -0.2) is 47.6 Å². The van der Waals surface area contributed by atoms with E-state index in [1.165, 1.54) is 4.90 Å². The topological polar surface area (TPSA) is 60.9 Å². The molecule has 1 atom stereocenters. The van der Waals surface area contributed by atoms with Crippen molar-refractivity contribution in [3.8, 4) is 0 Å². The highest BCUT2D eigenvalue weighted by molar-refractivity contribution is 5.98. The van der Waals surface area contributed by atoms with Crippen LogP contribution < -0.4 is 4.90 Å². The van der Waals surface area contributed by atoms with Gasteiger partial charge in [-0.1, -0.05) is 36.4 Å². The standard InChI is InChI=1S/C21H24N2O3/c1-15-10-16(2)12-18(11-15)23-9-8-22(14-20(23)25)21(26)19(24)13-17-6-4-3-5-7-17/h3-7,10-12,19,24H,8-9,13-14H2,1-2H3/t19-/m0/s1. The van der Waals surface area contributed by atoms with Crippen LogP contribution in [0.25, 0.3) is 0 Å². The van der Waals surface area contributed by atoms with Crippen molar-refractivity contribution >= 4 is 17.5 Å². The Labute approximate surface area is 153 Å². The summed E-state index contributed by atoms with van der Waals surface area (Å²) >= 11 is 0. The minimum absolute atomic E-state index is 0.00231. The largest absolute Gasteiger partial charge is 0.383 e. The van der Waals surface area contributed by atoms with Crippen LogP contribution in [-0.2, 0) is 16.0 Å². The Bertz CT molecular complexity index is 784. The number of aliphatic hydroxyl groups is 1. The molecule has 1 fully saturated rings.